The van der Waals surface area contributed by atoms with E-state index in [1.807, 2.05) is 0 Å². The molecule has 3 heterocycles. The van der Waals surface area contributed by atoms with Gasteiger partial charge in [-0.15, -0.1) is 0 Å². The molecule has 0 aliphatic carbocycles. The Hall–Kier alpha value is -2.28. The fraction of sp³-hybridized carbons (Fsp3) is 0.636. The molecule has 0 saturated carbocycles. The minimum absolute atomic E-state index is 0.0588. The van der Waals surface area contributed by atoms with Crippen molar-refractivity contribution in [3.8, 4) is 0 Å². The number of fused-ring (bicyclic) bond motifs is 1. The molecule has 0 radical (unpaired) electrons. The van der Waals surface area contributed by atoms with Crippen LogP contribution in [0.2, 0.25) is 0 Å². The van der Waals surface area contributed by atoms with Crippen molar-refractivity contribution in [3.05, 3.63) is 29.3 Å². The van der Waals surface area contributed by atoms with E-state index in [2.05, 4.69) is 40.2 Å². The molecule has 7 heteroatoms. The van der Waals surface area contributed by atoms with E-state index >= 15 is 0 Å². The van der Waals surface area contributed by atoms with E-state index in [-0.39, 0.29) is 5.91 Å². The van der Waals surface area contributed by atoms with Gasteiger partial charge in [-0.05, 0) is 48.8 Å². The lowest BCUT2D eigenvalue weighted by atomic mass is 10.0. The molecule has 158 valence electrons. The maximum Gasteiger partial charge on any atom is 0.407 e. The van der Waals surface area contributed by atoms with Gasteiger partial charge in [0.05, 0.1) is 0 Å². The number of anilines is 1. The average Bonchev–Trinajstić information content (AvgIpc) is 3.22. The lowest BCUT2D eigenvalue weighted by molar-refractivity contribution is -0.119. The van der Waals surface area contributed by atoms with E-state index in [0.29, 0.717) is 31.0 Å². The van der Waals surface area contributed by atoms with E-state index < -0.39 is 6.09 Å². The van der Waals surface area contributed by atoms with Crippen LogP contribution in [0.15, 0.2) is 18.2 Å². The molecule has 0 aromatic heterocycles. The Labute approximate surface area is 172 Å². The second kappa shape index (κ2) is 8.22. The Morgan fingerprint density at radius 1 is 1.10 bits per heavy atom. The second-order valence-electron chi connectivity index (χ2n) is 8.92. The topological polar surface area (TPSA) is 76.1 Å². The minimum Gasteiger partial charge on any atom is -0.465 e. The first kappa shape index (κ1) is 20.0. The van der Waals surface area contributed by atoms with Crippen LogP contribution < -0.4 is 10.2 Å². The number of benzene rings is 1. The zero-order chi connectivity index (χ0) is 20.5. The number of piperidine rings is 1. The largest absolute Gasteiger partial charge is 0.465 e. The molecule has 2 unspecified atom stereocenters. The molecule has 29 heavy (non-hydrogen) atoms. The summed E-state index contributed by atoms with van der Waals surface area (Å²) < 4.78 is 0. The highest BCUT2D eigenvalue weighted by Gasteiger charge is 2.41. The van der Waals surface area contributed by atoms with Crippen LogP contribution in [0.25, 0.3) is 0 Å². The van der Waals surface area contributed by atoms with Crippen LogP contribution in [0, 0.1) is 18.8 Å². The van der Waals surface area contributed by atoms with Crippen molar-refractivity contribution in [1.82, 2.24) is 15.1 Å². The van der Waals surface area contributed by atoms with Crippen molar-refractivity contribution in [2.45, 2.75) is 39.3 Å². The molecule has 1 aromatic carbocycles. The lowest BCUT2D eigenvalue weighted by Gasteiger charge is -2.35. The van der Waals surface area contributed by atoms with Gasteiger partial charge in [0, 0.05) is 64.5 Å². The monoisotopic (exact) mass is 400 g/mol. The normalized spacial score (nSPS) is 25.3. The molecule has 2 amide bonds. The van der Waals surface area contributed by atoms with Gasteiger partial charge in [-0.25, -0.2) is 4.79 Å². The lowest BCUT2D eigenvalue weighted by Crippen LogP contribution is -2.44. The SMILES string of the molecule is CC(=O)NC1CCN(c2cccc(CN3CC4CN(C(=O)O)CC4C3)c2C)CC1. The molecule has 3 fully saturated rings. The number of nitrogens with zero attached hydrogens (tertiary/aromatic N) is 3. The molecule has 1 aromatic rings. The molecule has 2 atom stereocenters. The minimum atomic E-state index is -0.781. The molecule has 7 nitrogen and oxygen atoms in total. The second-order valence-corrected chi connectivity index (χ2v) is 8.92. The summed E-state index contributed by atoms with van der Waals surface area (Å²) in [5, 5.41) is 12.3. The molecule has 3 saturated heterocycles. The zero-order valence-corrected chi connectivity index (χ0v) is 17.4. The summed E-state index contributed by atoms with van der Waals surface area (Å²) >= 11 is 0. The van der Waals surface area contributed by atoms with Gasteiger partial charge in [-0.1, -0.05) is 12.1 Å². The van der Waals surface area contributed by atoms with Crippen LogP contribution in [-0.2, 0) is 11.3 Å². The molecular formula is C22H32N4O3. The number of nitrogens with one attached hydrogen (secondary N) is 1. The third kappa shape index (κ3) is 4.34. The summed E-state index contributed by atoms with van der Waals surface area (Å²) in [6, 6.07) is 6.88. The van der Waals surface area contributed by atoms with Crippen LogP contribution in [-0.4, -0.2) is 72.2 Å². The number of carboxylic acid groups (broad SMARTS) is 1. The molecule has 0 bridgehead atoms. The van der Waals surface area contributed by atoms with Gasteiger partial charge in [-0.3, -0.25) is 9.69 Å². The highest BCUT2D eigenvalue weighted by atomic mass is 16.4. The van der Waals surface area contributed by atoms with Crippen molar-refractivity contribution in [3.63, 3.8) is 0 Å². The molecular weight excluding hydrogens is 368 g/mol. The first-order valence-corrected chi connectivity index (χ1v) is 10.7. The Morgan fingerprint density at radius 3 is 2.34 bits per heavy atom. The molecule has 0 spiro atoms. The van der Waals surface area contributed by atoms with Crippen LogP contribution in [0.4, 0.5) is 10.5 Å². The van der Waals surface area contributed by atoms with Gasteiger partial charge in [0.25, 0.3) is 0 Å². The van der Waals surface area contributed by atoms with Gasteiger partial charge >= 0.3 is 6.09 Å². The van der Waals surface area contributed by atoms with Gasteiger partial charge in [0.15, 0.2) is 0 Å². The van der Waals surface area contributed by atoms with Crippen molar-refractivity contribution in [1.29, 1.82) is 0 Å². The Balaban J connectivity index is 1.36. The predicted molar refractivity (Wildman–Crippen MR) is 112 cm³/mol. The molecule has 3 aliphatic rings. The number of carbonyl (C=O) groups is 2. The fourth-order valence-corrected chi connectivity index (χ4v) is 5.35. The summed E-state index contributed by atoms with van der Waals surface area (Å²) in [5.41, 5.74) is 4.01. The number of likely N-dealkylation sites (tertiary alicyclic amines) is 2. The summed E-state index contributed by atoms with van der Waals surface area (Å²) in [7, 11) is 0. The number of rotatable bonds is 4. The van der Waals surface area contributed by atoms with Crippen molar-refractivity contribution in [2.75, 3.05) is 44.2 Å². The summed E-state index contributed by atoms with van der Waals surface area (Å²) in [6.07, 6.45) is 1.19. The third-order valence-electron chi connectivity index (χ3n) is 6.89. The maximum atomic E-state index is 11.3. The quantitative estimate of drug-likeness (QED) is 0.810. The standard InChI is InChI=1S/C22H32N4O3/c1-15-17(10-24-11-18-13-26(22(28)29)14-19(18)12-24)4-3-5-21(15)25-8-6-20(7-9-25)23-16(2)27/h3-5,18-20H,6-14H2,1-2H3,(H,23,27)(H,28,29). The van der Waals surface area contributed by atoms with E-state index in [4.69, 9.17) is 0 Å². The van der Waals surface area contributed by atoms with Gasteiger partial charge in [-0.2, -0.15) is 0 Å². The first-order chi connectivity index (χ1) is 13.9. The average molecular weight is 401 g/mol. The highest BCUT2D eigenvalue weighted by molar-refractivity contribution is 5.73. The predicted octanol–water partition coefficient (Wildman–Crippen LogP) is 2.14. The molecule has 2 N–H and O–H groups in total. The zero-order valence-electron chi connectivity index (χ0n) is 17.4. The number of carbonyl (C=O) groups excluding carboxylic acids is 1. The summed E-state index contributed by atoms with van der Waals surface area (Å²) in [5.74, 6) is 1.01. The number of hydrogen-bond donors (Lipinski definition) is 2. The van der Waals surface area contributed by atoms with Crippen molar-refractivity contribution < 1.29 is 14.7 Å². The van der Waals surface area contributed by atoms with Gasteiger partial charge in [0.2, 0.25) is 5.91 Å². The summed E-state index contributed by atoms with van der Waals surface area (Å²) in [4.78, 5) is 29.0. The first-order valence-electron chi connectivity index (χ1n) is 10.7. The smallest absolute Gasteiger partial charge is 0.407 e. The van der Waals surface area contributed by atoms with Crippen LogP contribution in [0.5, 0.6) is 0 Å². The van der Waals surface area contributed by atoms with Crippen LogP contribution in [0.3, 0.4) is 0 Å². The summed E-state index contributed by atoms with van der Waals surface area (Å²) in [6.45, 7) is 10.0. The highest BCUT2D eigenvalue weighted by Crippen LogP contribution is 2.33. The van der Waals surface area contributed by atoms with E-state index in [1.165, 1.54) is 16.8 Å². The van der Waals surface area contributed by atoms with Gasteiger partial charge < -0.3 is 20.2 Å². The molecule has 4 rings (SSSR count). The Bertz CT molecular complexity index is 761. The van der Waals surface area contributed by atoms with Crippen molar-refractivity contribution >= 4 is 17.7 Å². The number of hydrogen-bond acceptors (Lipinski definition) is 4. The number of amides is 2. The third-order valence-corrected chi connectivity index (χ3v) is 6.89. The maximum absolute atomic E-state index is 11.3. The van der Waals surface area contributed by atoms with Gasteiger partial charge in [0.1, 0.15) is 0 Å². The van der Waals surface area contributed by atoms with Crippen molar-refractivity contribution in [2.24, 2.45) is 11.8 Å². The molecule has 3 aliphatic heterocycles. The Kier molecular flexibility index (Phi) is 5.67. The Morgan fingerprint density at radius 2 is 1.76 bits per heavy atom. The van der Waals surface area contributed by atoms with E-state index in [9.17, 15) is 14.7 Å². The van der Waals surface area contributed by atoms with E-state index in [0.717, 1.165) is 45.6 Å². The van der Waals surface area contributed by atoms with Crippen LogP contribution >= 0.6 is 0 Å². The fourth-order valence-electron chi connectivity index (χ4n) is 5.35. The van der Waals surface area contributed by atoms with E-state index in [1.54, 1.807) is 11.8 Å². The van der Waals surface area contributed by atoms with Crippen LogP contribution in [0.1, 0.15) is 30.9 Å².